The minimum Gasteiger partial charge on any atom is -0.354 e. The second-order valence-electron chi connectivity index (χ2n) is 6.82. The van der Waals surface area contributed by atoms with Gasteiger partial charge in [0.05, 0.1) is 5.69 Å². The van der Waals surface area contributed by atoms with E-state index in [9.17, 15) is 26.7 Å². The van der Waals surface area contributed by atoms with Gasteiger partial charge in [-0.3, -0.25) is 14.2 Å². The van der Waals surface area contributed by atoms with E-state index in [1.165, 1.54) is 10.7 Å². The predicted molar refractivity (Wildman–Crippen MR) is 88.8 cm³/mol. The van der Waals surface area contributed by atoms with Crippen LogP contribution in [0.5, 0.6) is 0 Å². The molecule has 0 unspecified atom stereocenters. The number of nitrogens with zero attached hydrogens (tertiary/aromatic N) is 4. The topological polar surface area (TPSA) is 64.7 Å². The van der Waals surface area contributed by atoms with E-state index in [4.69, 9.17) is 0 Å². The number of alkyl halides is 5. The number of nitrogens with one attached hydrogen (secondary N) is 1. The summed E-state index contributed by atoms with van der Waals surface area (Å²) in [6, 6.07) is 2.30. The standard InChI is InChI=1S/C17H20F5N5O/c1-10-7-13(16(18)19)27(24-10)9-15(28)23-5-2-6-26-12(11-3-4-11)8-14(25-26)17(20,21)22/h7-8,11,16H,2-6,9H2,1H3,(H,23,28). The minimum atomic E-state index is -4.49. The fraction of sp³-hybridized carbons (Fsp3) is 0.588. The van der Waals surface area contributed by atoms with Crippen molar-refractivity contribution in [2.24, 2.45) is 0 Å². The van der Waals surface area contributed by atoms with Gasteiger partial charge in [0.2, 0.25) is 5.91 Å². The summed E-state index contributed by atoms with van der Waals surface area (Å²) in [6.07, 6.45) is -5.18. The summed E-state index contributed by atoms with van der Waals surface area (Å²) in [5.41, 5.74) is -0.299. The van der Waals surface area contributed by atoms with Gasteiger partial charge in [0.25, 0.3) is 6.43 Å². The van der Waals surface area contributed by atoms with Gasteiger partial charge in [0.1, 0.15) is 12.2 Å². The zero-order valence-electron chi connectivity index (χ0n) is 15.1. The number of amides is 1. The zero-order valence-corrected chi connectivity index (χ0v) is 15.1. The van der Waals surface area contributed by atoms with Crippen molar-refractivity contribution in [3.8, 4) is 0 Å². The minimum absolute atomic E-state index is 0.106. The van der Waals surface area contributed by atoms with Crippen LogP contribution < -0.4 is 5.32 Å². The first-order valence-electron chi connectivity index (χ1n) is 8.89. The van der Waals surface area contributed by atoms with E-state index in [0.717, 1.165) is 23.6 Å². The molecule has 0 bridgehead atoms. The SMILES string of the molecule is Cc1cc(C(F)F)n(CC(=O)NCCCn2nc(C(F)(F)F)cc2C2CC2)n1. The van der Waals surface area contributed by atoms with E-state index in [1.807, 2.05) is 0 Å². The van der Waals surface area contributed by atoms with Crippen LogP contribution >= 0.6 is 0 Å². The lowest BCUT2D eigenvalue weighted by atomic mass is 10.2. The van der Waals surface area contributed by atoms with Crippen LogP contribution in [0.15, 0.2) is 12.1 Å². The van der Waals surface area contributed by atoms with Crippen LogP contribution in [0.25, 0.3) is 0 Å². The molecule has 154 valence electrons. The average molecular weight is 405 g/mol. The Hall–Kier alpha value is -2.46. The van der Waals surface area contributed by atoms with Crippen LogP contribution in [0.3, 0.4) is 0 Å². The van der Waals surface area contributed by atoms with Crippen LogP contribution in [0.1, 0.15) is 54.4 Å². The first-order valence-corrected chi connectivity index (χ1v) is 8.89. The Kier molecular flexibility index (Phi) is 5.71. The number of aromatic nitrogens is 4. The number of halogens is 5. The van der Waals surface area contributed by atoms with E-state index in [2.05, 4.69) is 15.5 Å². The Labute approximate surface area is 157 Å². The van der Waals surface area contributed by atoms with Crippen LogP contribution in [0, 0.1) is 6.92 Å². The van der Waals surface area contributed by atoms with Gasteiger partial charge in [-0.1, -0.05) is 0 Å². The highest BCUT2D eigenvalue weighted by Crippen LogP contribution is 2.42. The quantitative estimate of drug-likeness (QED) is 0.541. The van der Waals surface area contributed by atoms with Gasteiger partial charge in [-0.15, -0.1) is 0 Å². The lowest BCUT2D eigenvalue weighted by Gasteiger charge is -2.09. The lowest BCUT2D eigenvalue weighted by Crippen LogP contribution is -2.30. The molecule has 0 radical (unpaired) electrons. The van der Waals surface area contributed by atoms with Gasteiger partial charge in [0, 0.05) is 24.7 Å². The zero-order chi connectivity index (χ0) is 20.5. The molecule has 2 aromatic heterocycles. The van der Waals surface area contributed by atoms with Gasteiger partial charge in [0.15, 0.2) is 5.69 Å². The predicted octanol–water partition coefficient (Wildman–Crippen LogP) is 3.43. The Balaban J connectivity index is 1.51. The Morgan fingerprint density at radius 3 is 2.57 bits per heavy atom. The molecule has 2 aromatic rings. The summed E-state index contributed by atoms with van der Waals surface area (Å²) in [5.74, 6) is -0.391. The molecule has 0 saturated heterocycles. The Bertz CT molecular complexity index is 838. The van der Waals surface area contributed by atoms with Crippen molar-refractivity contribution in [2.75, 3.05) is 6.54 Å². The molecule has 0 atom stereocenters. The molecule has 11 heteroatoms. The molecule has 0 spiro atoms. The fourth-order valence-electron chi connectivity index (χ4n) is 2.97. The third-order valence-electron chi connectivity index (χ3n) is 4.42. The van der Waals surface area contributed by atoms with Crippen molar-refractivity contribution >= 4 is 5.91 Å². The van der Waals surface area contributed by atoms with Crippen LogP contribution in [0.4, 0.5) is 22.0 Å². The maximum Gasteiger partial charge on any atom is 0.435 e. The Morgan fingerprint density at radius 2 is 1.96 bits per heavy atom. The number of hydrogen-bond acceptors (Lipinski definition) is 3. The van der Waals surface area contributed by atoms with Gasteiger partial charge in [-0.05, 0) is 38.3 Å². The molecule has 1 saturated carbocycles. The van der Waals surface area contributed by atoms with Crippen molar-refractivity contribution in [1.82, 2.24) is 24.9 Å². The molecule has 1 aliphatic rings. The number of rotatable bonds is 8. The van der Waals surface area contributed by atoms with Gasteiger partial charge in [-0.2, -0.15) is 23.4 Å². The maximum atomic E-state index is 12.9. The van der Waals surface area contributed by atoms with Crippen molar-refractivity contribution < 1.29 is 26.7 Å². The first kappa shape index (κ1) is 20.3. The third-order valence-corrected chi connectivity index (χ3v) is 4.42. The van der Waals surface area contributed by atoms with Gasteiger partial charge in [-0.25, -0.2) is 8.78 Å². The normalized spacial score (nSPS) is 14.7. The third kappa shape index (κ3) is 4.87. The fourth-order valence-corrected chi connectivity index (χ4v) is 2.97. The number of carbonyl (C=O) groups is 1. The van der Waals surface area contributed by atoms with Crippen molar-refractivity contribution in [2.45, 2.75) is 57.8 Å². The van der Waals surface area contributed by atoms with Crippen molar-refractivity contribution in [3.63, 3.8) is 0 Å². The molecule has 1 fully saturated rings. The molecule has 0 aromatic carbocycles. The molecule has 3 rings (SSSR count). The molecule has 1 N–H and O–H groups in total. The van der Waals surface area contributed by atoms with E-state index in [-0.39, 0.29) is 31.2 Å². The van der Waals surface area contributed by atoms with Crippen LogP contribution in [-0.4, -0.2) is 32.0 Å². The lowest BCUT2D eigenvalue weighted by molar-refractivity contribution is -0.141. The molecule has 1 amide bonds. The molecule has 1 aliphatic carbocycles. The van der Waals surface area contributed by atoms with Crippen molar-refractivity contribution in [3.05, 3.63) is 34.9 Å². The summed E-state index contributed by atoms with van der Waals surface area (Å²) in [6.45, 7) is 1.62. The molecule has 0 aliphatic heterocycles. The van der Waals surface area contributed by atoms with Gasteiger partial charge >= 0.3 is 6.18 Å². The highest BCUT2D eigenvalue weighted by molar-refractivity contribution is 5.75. The highest BCUT2D eigenvalue weighted by Gasteiger charge is 2.37. The van der Waals surface area contributed by atoms with E-state index >= 15 is 0 Å². The smallest absolute Gasteiger partial charge is 0.354 e. The largest absolute Gasteiger partial charge is 0.435 e. The molecule has 2 heterocycles. The summed E-state index contributed by atoms with van der Waals surface area (Å²) < 4.78 is 66.7. The monoisotopic (exact) mass is 405 g/mol. The van der Waals surface area contributed by atoms with E-state index < -0.39 is 24.2 Å². The average Bonchev–Trinajstić information content (AvgIpc) is 3.23. The number of hydrogen-bond donors (Lipinski definition) is 1. The first-order chi connectivity index (χ1) is 13.1. The summed E-state index contributed by atoms with van der Waals surface area (Å²) in [7, 11) is 0. The van der Waals surface area contributed by atoms with Crippen LogP contribution in [-0.2, 0) is 24.1 Å². The summed E-state index contributed by atoms with van der Waals surface area (Å²) >= 11 is 0. The maximum absolute atomic E-state index is 12.9. The van der Waals surface area contributed by atoms with Crippen molar-refractivity contribution in [1.29, 1.82) is 0 Å². The van der Waals surface area contributed by atoms with E-state index in [1.54, 1.807) is 6.92 Å². The molecular weight excluding hydrogens is 385 g/mol. The summed E-state index contributed by atoms with van der Waals surface area (Å²) in [5, 5.41) is 10.1. The van der Waals surface area contributed by atoms with Crippen LogP contribution in [0.2, 0.25) is 0 Å². The van der Waals surface area contributed by atoms with E-state index in [0.29, 0.717) is 17.8 Å². The number of aryl methyl sites for hydroxylation is 2. The van der Waals surface area contributed by atoms with Gasteiger partial charge < -0.3 is 5.32 Å². The number of carbonyl (C=O) groups excluding carboxylic acids is 1. The highest BCUT2D eigenvalue weighted by atomic mass is 19.4. The summed E-state index contributed by atoms with van der Waals surface area (Å²) in [4.78, 5) is 11.9. The molecule has 6 nitrogen and oxygen atoms in total. The Morgan fingerprint density at radius 1 is 1.25 bits per heavy atom. The molecule has 28 heavy (non-hydrogen) atoms. The second kappa shape index (κ2) is 7.88. The molecular formula is C17H20F5N5O. The second-order valence-corrected chi connectivity index (χ2v) is 6.82.